The molecule has 21 heavy (non-hydrogen) atoms. The molecule has 0 spiro atoms. The maximum atomic E-state index is 13.6. The van der Waals surface area contributed by atoms with Gasteiger partial charge in [-0.3, -0.25) is 4.79 Å². The van der Waals surface area contributed by atoms with E-state index < -0.39 is 17.2 Å². The molecule has 1 fully saturated rings. The van der Waals surface area contributed by atoms with Crippen molar-refractivity contribution in [3.63, 3.8) is 0 Å². The summed E-state index contributed by atoms with van der Waals surface area (Å²) in [6.45, 7) is 0. The van der Waals surface area contributed by atoms with Gasteiger partial charge in [0, 0.05) is 12.5 Å². The van der Waals surface area contributed by atoms with Crippen molar-refractivity contribution in [2.45, 2.75) is 37.3 Å². The lowest BCUT2D eigenvalue weighted by atomic mass is 9.80. The molecule has 1 aliphatic rings. The van der Waals surface area contributed by atoms with Gasteiger partial charge in [0.05, 0.1) is 7.11 Å². The molecule has 4 nitrogen and oxygen atoms in total. The molecular weight excluding hydrogens is 280 g/mol. The summed E-state index contributed by atoms with van der Waals surface area (Å²) in [7, 11) is 3.01. The van der Waals surface area contributed by atoms with Gasteiger partial charge in [0.25, 0.3) is 0 Å². The Hall–Kier alpha value is -1.69. The minimum atomic E-state index is -0.832. The van der Waals surface area contributed by atoms with Crippen LogP contribution in [0.2, 0.25) is 0 Å². The van der Waals surface area contributed by atoms with Gasteiger partial charge in [0.2, 0.25) is 0 Å². The molecular formula is C15H19F2NO3. The standard InChI is InChI=1S/C15H19F2NO3/c1-18-15(14(19)20-2)7-3-4-11(9-15)21-13-8-10(16)5-6-12(13)17/h5-6,8,11,18H,3-4,7,9H2,1-2H3. The van der Waals surface area contributed by atoms with E-state index in [9.17, 15) is 13.6 Å². The second-order valence-electron chi connectivity index (χ2n) is 5.23. The number of hydrogen-bond donors (Lipinski definition) is 1. The number of carbonyl (C=O) groups excluding carboxylic acids is 1. The molecule has 1 aromatic carbocycles. The Morgan fingerprint density at radius 2 is 2.19 bits per heavy atom. The van der Waals surface area contributed by atoms with E-state index in [1.807, 2.05) is 0 Å². The van der Waals surface area contributed by atoms with E-state index in [2.05, 4.69) is 5.32 Å². The van der Waals surface area contributed by atoms with E-state index >= 15 is 0 Å². The third-order valence-corrected chi connectivity index (χ3v) is 3.95. The molecule has 0 amide bonds. The Bertz CT molecular complexity index is 524. The Morgan fingerprint density at radius 1 is 1.43 bits per heavy atom. The van der Waals surface area contributed by atoms with Crippen LogP contribution in [0.3, 0.4) is 0 Å². The molecule has 1 saturated carbocycles. The maximum absolute atomic E-state index is 13.6. The zero-order valence-corrected chi connectivity index (χ0v) is 12.1. The van der Waals surface area contributed by atoms with Gasteiger partial charge in [0.15, 0.2) is 11.6 Å². The topological polar surface area (TPSA) is 47.6 Å². The number of esters is 1. The fourth-order valence-corrected chi connectivity index (χ4v) is 2.78. The van der Waals surface area contributed by atoms with Crippen molar-refractivity contribution in [2.24, 2.45) is 0 Å². The lowest BCUT2D eigenvalue weighted by Gasteiger charge is -2.38. The smallest absolute Gasteiger partial charge is 0.326 e. The summed E-state index contributed by atoms with van der Waals surface area (Å²) < 4.78 is 37.2. The largest absolute Gasteiger partial charge is 0.487 e. The molecule has 0 aliphatic heterocycles. The van der Waals surface area contributed by atoms with Gasteiger partial charge >= 0.3 is 5.97 Å². The molecule has 1 aliphatic carbocycles. The number of halogens is 2. The van der Waals surface area contributed by atoms with Crippen LogP contribution >= 0.6 is 0 Å². The number of ether oxygens (including phenoxy) is 2. The number of carbonyl (C=O) groups is 1. The Morgan fingerprint density at radius 3 is 2.86 bits per heavy atom. The lowest BCUT2D eigenvalue weighted by Crippen LogP contribution is -2.55. The van der Waals surface area contributed by atoms with Crippen LogP contribution < -0.4 is 10.1 Å². The van der Waals surface area contributed by atoms with E-state index in [0.717, 1.165) is 24.6 Å². The van der Waals surface area contributed by atoms with E-state index in [-0.39, 0.29) is 17.8 Å². The van der Waals surface area contributed by atoms with Crippen LogP contribution in [0.5, 0.6) is 5.75 Å². The number of nitrogens with one attached hydrogen (secondary N) is 1. The second kappa shape index (κ2) is 6.39. The van der Waals surface area contributed by atoms with Crippen molar-refractivity contribution in [2.75, 3.05) is 14.2 Å². The second-order valence-corrected chi connectivity index (χ2v) is 5.23. The first-order chi connectivity index (χ1) is 10.0. The predicted octanol–water partition coefficient (Wildman–Crippen LogP) is 2.42. The lowest BCUT2D eigenvalue weighted by molar-refractivity contribution is -0.151. The van der Waals surface area contributed by atoms with Crippen LogP contribution in [-0.4, -0.2) is 31.8 Å². The van der Waals surface area contributed by atoms with Crippen LogP contribution in [0.4, 0.5) is 8.78 Å². The Kier molecular flexibility index (Phi) is 4.77. The number of hydrogen-bond acceptors (Lipinski definition) is 4. The van der Waals surface area contributed by atoms with Gasteiger partial charge in [-0.15, -0.1) is 0 Å². The monoisotopic (exact) mass is 299 g/mol. The highest BCUT2D eigenvalue weighted by Gasteiger charge is 2.43. The quantitative estimate of drug-likeness (QED) is 0.867. The Labute approximate surface area is 122 Å². The molecule has 0 radical (unpaired) electrons. The zero-order chi connectivity index (χ0) is 15.5. The average molecular weight is 299 g/mol. The fraction of sp³-hybridized carbons (Fsp3) is 0.533. The number of methoxy groups -OCH3 is 1. The number of likely N-dealkylation sites (N-methyl/N-ethyl adjacent to an activating group) is 1. The van der Waals surface area contributed by atoms with Crippen LogP contribution in [0.15, 0.2) is 18.2 Å². The van der Waals surface area contributed by atoms with Gasteiger partial charge < -0.3 is 14.8 Å². The summed E-state index contributed by atoms with van der Waals surface area (Å²) in [5, 5.41) is 2.99. The molecule has 2 unspecified atom stereocenters. The van der Waals surface area contributed by atoms with Crippen molar-refractivity contribution >= 4 is 5.97 Å². The van der Waals surface area contributed by atoms with Crippen molar-refractivity contribution < 1.29 is 23.0 Å². The summed E-state index contributed by atoms with van der Waals surface area (Å²) >= 11 is 0. The van der Waals surface area contributed by atoms with E-state index in [1.54, 1.807) is 7.05 Å². The van der Waals surface area contributed by atoms with E-state index in [1.165, 1.54) is 7.11 Å². The van der Waals surface area contributed by atoms with Gasteiger partial charge in [-0.25, -0.2) is 8.78 Å². The molecule has 116 valence electrons. The predicted molar refractivity (Wildman–Crippen MR) is 73.0 cm³/mol. The van der Waals surface area contributed by atoms with E-state index in [0.29, 0.717) is 19.3 Å². The van der Waals surface area contributed by atoms with Gasteiger partial charge in [-0.05, 0) is 38.4 Å². The highest BCUT2D eigenvalue weighted by atomic mass is 19.1. The molecule has 0 aromatic heterocycles. The third kappa shape index (κ3) is 3.32. The summed E-state index contributed by atoms with van der Waals surface area (Å²) in [6, 6.07) is 3.08. The molecule has 1 aromatic rings. The van der Waals surface area contributed by atoms with Crippen LogP contribution in [0, 0.1) is 11.6 Å². The summed E-state index contributed by atoms with van der Waals surface area (Å²) in [5.74, 6) is -1.67. The SMILES string of the molecule is CNC1(C(=O)OC)CCCC(Oc2cc(F)ccc2F)C1. The zero-order valence-electron chi connectivity index (χ0n) is 12.1. The first-order valence-corrected chi connectivity index (χ1v) is 6.90. The van der Waals surface area contributed by atoms with E-state index in [4.69, 9.17) is 9.47 Å². The number of rotatable bonds is 4. The minimum absolute atomic E-state index is 0.128. The molecule has 2 atom stereocenters. The summed E-state index contributed by atoms with van der Waals surface area (Å²) in [5.41, 5.74) is -0.832. The van der Waals surface area contributed by atoms with Crippen molar-refractivity contribution in [3.8, 4) is 5.75 Å². The van der Waals surface area contributed by atoms with Crippen LogP contribution in [-0.2, 0) is 9.53 Å². The molecule has 1 N–H and O–H groups in total. The number of benzene rings is 1. The van der Waals surface area contributed by atoms with Crippen LogP contribution in [0.1, 0.15) is 25.7 Å². The van der Waals surface area contributed by atoms with Gasteiger partial charge in [-0.2, -0.15) is 0 Å². The first kappa shape index (κ1) is 15.7. The van der Waals surface area contributed by atoms with Crippen molar-refractivity contribution in [3.05, 3.63) is 29.8 Å². The fourth-order valence-electron chi connectivity index (χ4n) is 2.78. The normalized spacial score (nSPS) is 25.4. The molecule has 0 heterocycles. The van der Waals surface area contributed by atoms with Gasteiger partial charge in [-0.1, -0.05) is 0 Å². The van der Waals surface area contributed by atoms with Crippen molar-refractivity contribution in [1.82, 2.24) is 5.32 Å². The molecule has 0 saturated heterocycles. The molecule has 0 bridgehead atoms. The molecule has 6 heteroatoms. The summed E-state index contributed by atoms with van der Waals surface area (Å²) in [6.07, 6.45) is 2.02. The average Bonchev–Trinajstić information content (AvgIpc) is 2.50. The summed E-state index contributed by atoms with van der Waals surface area (Å²) in [4.78, 5) is 12.0. The Balaban J connectivity index is 2.14. The van der Waals surface area contributed by atoms with Crippen LogP contribution in [0.25, 0.3) is 0 Å². The molecule has 2 rings (SSSR count). The maximum Gasteiger partial charge on any atom is 0.326 e. The highest BCUT2D eigenvalue weighted by molar-refractivity contribution is 5.81. The highest BCUT2D eigenvalue weighted by Crippen LogP contribution is 2.32. The van der Waals surface area contributed by atoms with Crippen molar-refractivity contribution in [1.29, 1.82) is 0 Å². The first-order valence-electron chi connectivity index (χ1n) is 6.90. The minimum Gasteiger partial charge on any atom is -0.487 e. The van der Waals surface area contributed by atoms with Gasteiger partial charge in [0.1, 0.15) is 17.5 Å². The third-order valence-electron chi connectivity index (χ3n) is 3.95.